The van der Waals surface area contributed by atoms with Gasteiger partial charge in [0.2, 0.25) is 5.82 Å². The molecule has 0 heterocycles. The van der Waals surface area contributed by atoms with E-state index in [1.807, 2.05) is 0 Å². The van der Waals surface area contributed by atoms with Crippen LogP contribution in [0.3, 0.4) is 0 Å². The third-order valence-electron chi connectivity index (χ3n) is 2.04. The van der Waals surface area contributed by atoms with E-state index in [9.17, 15) is 14.5 Å². The topological polar surface area (TPSA) is 89.4 Å². The predicted molar refractivity (Wildman–Crippen MR) is 58.9 cm³/mol. The van der Waals surface area contributed by atoms with Crippen LogP contribution in [0.5, 0.6) is 0 Å². The van der Waals surface area contributed by atoms with Crippen LogP contribution in [0.25, 0.3) is 0 Å². The van der Waals surface area contributed by atoms with Crippen LogP contribution in [0.4, 0.5) is 10.1 Å². The van der Waals surface area contributed by atoms with E-state index in [-0.39, 0.29) is 25.4 Å². The quantitative estimate of drug-likeness (QED) is 0.627. The zero-order valence-electron chi connectivity index (χ0n) is 8.30. The molecule has 0 spiro atoms. The van der Waals surface area contributed by atoms with Crippen LogP contribution in [0.15, 0.2) is 18.2 Å². The maximum atomic E-state index is 12.9. The van der Waals surface area contributed by atoms with Gasteiger partial charge in [-0.2, -0.15) is 4.39 Å². The molecule has 1 aromatic carbocycles. The Balaban J connectivity index is 0.00000225. The SMILES string of the molecule is Cl.N[C@@H](CCO)c1ccc(F)c([N+](=O)[O-])c1. The number of aliphatic hydroxyl groups excluding tert-OH is 1. The molecule has 0 fully saturated rings. The lowest BCUT2D eigenvalue weighted by atomic mass is 10.0. The van der Waals surface area contributed by atoms with Gasteiger partial charge in [-0.05, 0) is 18.1 Å². The largest absolute Gasteiger partial charge is 0.396 e. The fourth-order valence-electron chi connectivity index (χ4n) is 1.21. The summed E-state index contributed by atoms with van der Waals surface area (Å²) in [4.78, 5) is 9.63. The first kappa shape index (κ1) is 14.8. The van der Waals surface area contributed by atoms with Crippen molar-refractivity contribution < 1.29 is 14.4 Å². The van der Waals surface area contributed by atoms with Crippen molar-refractivity contribution in [2.45, 2.75) is 12.5 Å². The molecule has 0 aromatic heterocycles. The number of hydrogen-bond donors (Lipinski definition) is 2. The fraction of sp³-hybridized carbons (Fsp3) is 0.333. The minimum Gasteiger partial charge on any atom is -0.396 e. The van der Waals surface area contributed by atoms with Crippen LogP contribution in [-0.4, -0.2) is 16.6 Å². The van der Waals surface area contributed by atoms with E-state index in [2.05, 4.69) is 0 Å². The fourth-order valence-corrected chi connectivity index (χ4v) is 1.21. The first-order valence-corrected chi connectivity index (χ1v) is 4.36. The molecule has 1 rings (SSSR count). The summed E-state index contributed by atoms with van der Waals surface area (Å²) in [5, 5.41) is 19.1. The summed E-state index contributed by atoms with van der Waals surface area (Å²) in [5.41, 5.74) is 5.46. The molecule has 1 aromatic rings. The lowest BCUT2D eigenvalue weighted by Gasteiger charge is -2.09. The number of hydrogen-bond acceptors (Lipinski definition) is 4. The Kier molecular flexibility index (Phi) is 5.87. The second kappa shape index (κ2) is 6.37. The van der Waals surface area contributed by atoms with Crippen LogP contribution < -0.4 is 5.73 Å². The zero-order valence-corrected chi connectivity index (χ0v) is 9.11. The van der Waals surface area contributed by atoms with E-state index < -0.39 is 22.5 Å². The summed E-state index contributed by atoms with van der Waals surface area (Å²) in [6.45, 7) is -0.119. The third-order valence-corrected chi connectivity index (χ3v) is 2.04. The standard InChI is InChI=1S/C9H11FN2O3.ClH/c10-7-2-1-6(8(11)3-4-13)5-9(7)12(14)15;/h1-2,5,8,13H,3-4,11H2;1H/t8-;/m0./s1. The normalized spacial score (nSPS) is 11.7. The van der Waals surface area contributed by atoms with Gasteiger partial charge in [-0.25, -0.2) is 0 Å². The van der Waals surface area contributed by atoms with Gasteiger partial charge in [0.25, 0.3) is 0 Å². The number of aliphatic hydroxyl groups is 1. The van der Waals surface area contributed by atoms with Gasteiger partial charge in [0.05, 0.1) is 4.92 Å². The monoisotopic (exact) mass is 250 g/mol. The van der Waals surface area contributed by atoms with E-state index in [0.717, 1.165) is 12.1 Å². The average Bonchev–Trinajstić information content (AvgIpc) is 2.18. The molecule has 5 nitrogen and oxygen atoms in total. The van der Waals surface area contributed by atoms with E-state index in [4.69, 9.17) is 10.8 Å². The Labute approximate surface area is 97.6 Å². The molecule has 0 amide bonds. The number of nitrogens with two attached hydrogens (primary N) is 1. The summed E-state index contributed by atoms with van der Waals surface area (Å²) in [7, 11) is 0. The summed E-state index contributed by atoms with van der Waals surface area (Å²) in [6, 6.07) is 2.96. The van der Waals surface area contributed by atoms with Gasteiger partial charge >= 0.3 is 5.69 Å². The molecule has 0 unspecified atom stereocenters. The van der Waals surface area contributed by atoms with Gasteiger partial charge in [0.15, 0.2) is 0 Å². The lowest BCUT2D eigenvalue weighted by Crippen LogP contribution is -2.12. The molecule has 0 radical (unpaired) electrons. The molecular weight excluding hydrogens is 239 g/mol. The van der Waals surface area contributed by atoms with Gasteiger partial charge < -0.3 is 10.8 Å². The summed E-state index contributed by atoms with van der Waals surface area (Å²) >= 11 is 0. The number of nitro benzene ring substituents is 1. The second-order valence-corrected chi connectivity index (χ2v) is 3.09. The van der Waals surface area contributed by atoms with Gasteiger partial charge in [0, 0.05) is 18.7 Å². The average molecular weight is 251 g/mol. The molecule has 0 saturated heterocycles. The highest BCUT2D eigenvalue weighted by molar-refractivity contribution is 5.85. The van der Waals surface area contributed by atoms with Gasteiger partial charge in [-0.1, -0.05) is 6.07 Å². The van der Waals surface area contributed by atoms with Gasteiger partial charge in [-0.15, -0.1) is 12.4 Å². The molecule has 0 aliphatic rings. The number of rotatable bonds is 4. The van der Waals surface area contributed by atoms with E-state index >= 15 is 0 Å². The van der Waals surface area contributed by atoms with Crippen molar-refractivity contribution in [2.24, 2.45) is 5.73 Å². The van der Waals surface area contributed by atoms with Crippen molar-refractivity contribution in [1.29, 1.82) is 0 Å². The van der Waals surface area contributed by atoms with Crippen LogP contribution >= 0.6 is 12.4 Å². The Morgan fingerprint density at radius 2 is 2.19 bits per heavy atom. The van der Waals surface area contributed by atoms with E-state index in [1.165, 1.54) is 6.07 Å². The maximum Gasteiger partial charge on any atom is 0.305 e. The molecule has 16 heavy (non-hydrogen) atoms. The molecule has 1 atom stereocenters. The molecule has 3 N–H and O–H groups in total. The predicted octanol–water partition coefficient (Wildman–Crippen LogP) is 1.54. The van der Waals surface area contributed by atoms with Gasteiger partial charge in [-0.3, -0.25) is 10.1 Å². The van der Waals surface area contributed by atoms with Crippen molar-refractivity contribution in [2.75, 3.05) is 6.61 Å². The molecular formula is C9H12ClFN2O3. The summed E-state index contributed by atoms with van der Waals surface area (Å²) in [5.74, 6) is -0.889. The second-order valence-electron chi connectivity index (χ2n) is 3.09. The lowest BCUT2D eigenvalue weighted by molar-refractivity contribution is -0.387. The van der Waals surface area contributed by atoms with Crippen molar-refractivity contribution in [3.63, 3.8) is 0 Å². The van der Waals surface area contributed by atoms with Crippen LogP contribution in [0.1, 0.15) is 18.0 Å². The molecule has 0 aliphatic carbocycles. The summed E-state index contributed by atoms with van der Waals surface area (Å²) < 4.78 is 12.9. The van der Waals surface area contributed by atoms with Crippen molar-refractivity contribution in [1.82, 2.24) is 0 Å². The van der Waals surface area contributed by atoms with Crippen LogP contribution in [0, 0.1) is 15.9 Å². The Bertz CT molecular complexity index is 376. The molecule has 7 heteroatoms. The van der Waals surface area contributed by atoms with E-state index in [0.29, 0.717) is 5.56 Å². The first-order valence-electron chi connectivity index (χ1n) is 4.36. The van der Waals surface area contributed by atoms with E-state index in [1.54, 1.807) is 0 Å². The Morgan fingerprint density at radius 1 is 1.56 bits per heavy atom. The molecule has 90 valence electrons. The summed E-state index contributed by atoms with van der Waals surface area (Å²) in [6.07, 6.45) is 0.281. The third kappa shape index (κ3) is 3.41. The first-order chi connectivity index (χ1) is 7.06. The minimum absolute atomic E-state index is 0. The Hall–Kier alpha value is -1.24. The Morgan fingerprint density at radius 3 is 2.69 bits per heavy atom. The number of nitro groups is 1. The minimum atomic E-state index is -0.889. The van der Waals surface area contributed by atoms with Crippen LogP contribution in [-0.2, 0) is 0 Å². The molecule has 0 bridgehead atoms. The van der Waals surface area contributed by atoms with Crippen molar-refractivity contribution in [3.8, 4) is 0 Å². The van der Waals surface area contributed by atoms with Crippen molar-refractivity contribution >= 4 is 18.1 Å². The number of nitrogens with zero attached hydrogens (tertiary/aromatic N) is 1. The maximum absolute atomic E-state index is 12.9. The zero-order chi connectivity index (χ0) is 11.4. The number of benzene rings is 1. The highest BCUT2D eigenvalue weighted by atomic mass is 35.5. The van der Waals surface area contributed by atoms with Gasteiger partial charge in [0.1, 0.15) is 0 Å². The highest BCUT2D eigenvalue weighted by Gasteiger charge is 2.16. The van der Waals surface area contributed by atoms with Crippen molar-refractivity contribution in [3.05, 3.63) is 39.7 Å². The smallest absolute Gasteiger partial charge is 0.305 e. The number of halogens is 2. The highest BCUT2D eigenvalue weighted by Crippen LogP contribution is 2.22. The molecule has 0 aliphatic heterocycles. The van der Waals surface area contributed by atoms with Crippen LogP contribution in [0.2, 0.25) is 0 Å². The molecule has 0 saturated carbocycles.